The van der Waals surface area contributed by atoms with Crippen molar-refractivity contribution < 1.29 is 125 Å². The molecule has 26 nitrogen and oxygen atoms in total. The molecule has 6 aliphatic heterocycles. The summed E-state index contributed by atoms with van der Waals surface area (Å²) >= 11 is 2.86. The first kappa shape index (κ1) is 104. The molecule has 6 heterocycles. The van der Waals surface area contributed by atoms with Crippen LogP contribution in [0.4, 0.5) is 49.9 Å². The summed E-state index contributed by atoms with van der Waals surface area (Å²) in [6, 6.07) is 76.0. The number of phenols is 1. The Kier molecular flexibility index (Phi) is 34.3. The van der Waals surface area contributed by atoms with Crippen LogP contribution in [0.25, 0.3) is 22.3 Å². The van der Waals surface area contributed by atoms with Crippen LogP contribution in [0.15, 0.2) is 273 Å². The average molecular weight is 2000 g/mol. The SMILES string of the molecule is CC[C@H]1O[C@@H](Oc2cccc(-c3ccc([C@@H]4[C@@H](SC[C@H](C)c5ccc(F)cc5)C(=O)N4c4ccccc4)c(OCc4ccccc4)c3)c2)[C@H](C)[C@@H](C)C1O[C@@H]1O[C@H](CC)[C@@H](C)[C@H](C)[C@H]1C.O=C(Nc1ccccc1F)OCC1O[C@@H](O[C@@H]2C(CO)O[C@@H](Oc3cccc(-c4ccc([C@@H]5[C@@H](SC[C@H](O)c6ccc(F)cc6)C(=O)N5c5ccccc5)c(O)c4)c3)C(O)[C@H]2O)C(O)[C@@H](O)[C@@H]1OC(=O)Nc1ccccc1F. The first-order valence-corrected chi connectivity index (χ1v) is 50.2. The number of anilines is 4. The topological polar surface area (TPSA) is 342 Å². The van der Waals surface area contributed by atoms with Crippen LogP contribution in [0.1, 0.15) is 120 Å². The van der Waals surface area contributed by atoms with E-state index in [9.17, 15) is 72.5 Å². The highest BCUT2D eigenvalue weighted by Crippen LogP contribution is 2.53. The third-order valence-electron chi connectivity index (χ3n) is 27.7. The second-order valence-corrected chi connectivity index (χ2v) is 39.3. The Morgan fingerprint density at radius 3 is 1.50 bits per heavy atom. The molecule has 17 rings (SSSR count). The van der Waals surface area contributed by atoms with Crippen LogP contribution >= 0.6 is 23.5 Å². The number of para-hydroxylation sites is 4. The predicted octanol–water partition coefficient (Wildman–Crippen LogP) is 19.2. The zero-order valence-electron chi connectivity index (χ0n) is 79.9. The van der Waals surface area contributed by atoms with E-state index in [0.717, 1.165) is 64.2 Å². The molecule has 11 aromatic carbocycles. The highest BCUT2D eigenvalue weighted by Gasteiger charge is 2.56. The average Bonchev–Trinajstić information content (AvgIpc) is 0.734. The number of carbonyl (C=O) groups is 4. The van der Waals surface area contributed by atoms with Crippen molar-refractivity contribution in [2.24, 2.45) is 29.6 Å². The van der Waals surface area contributed by atoms with E-state index in [-0.39, 0.29) is 106 Å². The molecule has 6 saturated heterocycles. The third-order valence-corrected chi connectivity index (χ3v) is 30.5. The van der Waals surface area contributed by atoms with Gasteiger partial charge < -0.3 is 97.7 Å². The monoisotopic (exact) mass is 2000 g/mol. The summed E-state index contributed by atoms with van der Waals surface area (Å²) in [5.41, 5.74) is 7.77. The number of nitrogens with zero attached hydrogens (tertiary/aromatic N) is 2. The fourth-order valence-electron chi connectivity index (χ4n) is 18.9. The van der Waals surface area contributed by atoms with Gasteiger partial charge in [-0.3, -0.25) is 20.2 Å². The van der Waals surface area contributed by atoms with Crippen LogP contribution in [0, 0.1) is 52.9 Å². The fourth-order valence-corrected chi connectivity index (χ4v) is 21.6. The molecule has 5 unspecified atom stereocenters. The van der Waals surface area contributed by atoms with Gasteiger partial charge in [0, 0.05) is 45.8 Å². The van der Waals surface area contributed by atoms with Gasteiger partial charge in [-0.1, -0.05) is 219 Å². The van der Waals surface area contributed by atoms with Gasteiger partial charge in [-0.25, -0.2) is 27.2 Å². The van der Waals surface area contributed by atoms with Gasteiger partial charge in [-0.05, 0) is 185 Å². The van der Waals surface area contributed by atoms with E-state index in [4.69, 9.17) is 52.1 Å². The minimum atomic E-state index is -2.11. The Bertz CT molecular complexity index is 6120. The summed E-state index contributed by atoms with van der Waals surface area (Å²) in [6.07, 6.45) is -21.1. The van der Waals surface area contributed by atoms with E-state index in [2.05, 4.69) is 108 Å². The molecule has 6 fully saturated rings. The van der Waals surface area contributed by atoms with Gasteiger partial charge in [0.2, 0.25) is 24.4 Å². The quantitative estimate of drug-likeness (QED) is 0.0136. The molecular weight excluding hydrogens is 1880 g/mol. The van der Waals surface area contributed by atoms with Gasteiger partial charge in [0.15, 0.2) is 18.7 Å². The number of hydrogen-bond acceptors (Lipinski definition) is 24. The zero-order chi connectivity index (χ0) is 101. The summed E-state index contributed by atoms with van der Waals surface area (Å²) in [6.45, 7) is 16.5. The number of ether oxygens (including phenoxy) is 11. The number of rotatable bonds is 33. The Morgan fingerprint density at radius 2 is 0.923 bits per heavy atom. The number of thioether (sulfide) groups is 2. The summed E-state index contributed by atoms with van der Waals surface area (Å²) in [4.78, 5) is 57.0. The second kappa shape index (κ2) is 47.3. The van der Waals surface area contributed by atoms with Crippen molar-refractivity contribution in [3.05, 3.63) is 324 Å². The number of amides is 4. The van der Waals surface area contributed by atoms with Crippen molar-refractivity contribution in [2.45, 2.75) is 202 Å². The van der Waals surface area contributed by atoms with Gasteiger partial charge in [0.05, 0.1) is 54.5 Å². The molecule has 143 heavy (non-hydrogen) atoms. The minimum Gasteiger partial charge on any atom is -0.508 e. The molecule has 26 atom stereocenters. The molecule has 32 heteroatoms. The Morgan fingerprint density at radius 1 is 0.448 bits per heavy atom. The third kappa shape index (κ3) is 24.0. The zero-order valence-corrected chi connectivity index (χ0v) is 81.6. The highest BCUT2D eigenvalue weighted by atomic mass is 32.2. The van der Waals surface area contributed by atoms with Gasteiger partial charge >= 0.3 is 12.2 Å². The summed E-state index contributed by atoms with van der Waals surface area (Å²) in [5.74, 6) is 1.30. The lowest BCUT2D eigenvalue weighted by molar-refractivity contribution is -0.351. The smallest absolute Gasteiger partial charge is 0.412 e. The number of nitrogens with one attached hydrogen (secondary N) is 2. The van der Waals surface area contributed by atoms with Crippen molar-refractivity contribution in [3.8, 4) is 45.3 Å². The molecule has 0 aliphatic carbocycles. The van der Waals surface area contributed by atoms with Crippen LogP contribution in [-0.2, 0) is 54.1 Å². The van der Waals surface area contributed by atoms with E-state index in [1.807, 2.05) is 77.7 Å². The van der Waals surface area contributed by atoms with Crippen LogP contribution in [0.5, 0.6) is 23.0 Å². The first-order valence-electron chi connectivity index (χ1n) is 48.1. The number of carbonyl (C=O) groups excluding carboxylic acids is 4. The van der Waals surface area contributed by atoms with Crippen molar-refractivity contribution in [3.63, 3.8) is 0 Å². The molecular formula is C111H118F4N4O22S2. The number of β-lactam (4-membered cyclic amide) rings is 2. The molecule has 11 aromatic rings. The Hall–Kier alpha value is -12.0. The molecule has 0 aromatic heterocycles. The first-order chi connectivity index (χ1) is 69.0. The number of hydrogen-bond donors (Lipinski definition) is 9. The van der Waals surface area contributed by atoms with E-state index in [0.29, 0.717) is 57.9 Å². The molecule has 0 radical (unpaired) electrons. The van der Waals surface area contributed by atoms with E-state index < -0.39 is 128 Å². The van der Waals surface area contributed by atoms with Crippen molar-refractivity contribution in [2.75, 3.05) is 45.2 Å². The van der Waals surface area contributed by atoms with Gasteiger partial charge in [-0.2, -0.15) is 0 Å². The maximum absolute atomic E-state index is 14.4. The molecule has 0 spiro atoms. The molecule has 9 N–H and O–H groups in total. The number of aliphatic hydroxyl groups is 6. The molecule has 754 valence electrons. The number of aliphatic hydroxyl groups excluding tert-OH is 6. The Labute approximate surface area is 835 Å². The second-order valence-electron chi connectivity index (χ2n) is 36.9. The highest BCUT2D eigenvalue weighted by molar-refractivity contribution is 8.01. The number of halogens is 4. The van der Waals surface area contributed by atoms with Gasteiger partial charge in [-0.15, -0.1) is 23.5 Å². The molecule has 0 saturated carbocycles. The normalized spacial score (nSPS) is 27.7. The van der Waals surface area contributed by atoms with E-state index in [1.165, 1.54) is 96.7 Å². The fraction of sp³-hybridized carbons (Fsp3) is 0.369. The minimum absolute atomic E-state index is 0.0585. The van der Waals surface area contributed by atoms with Crippen LogP contribution in [-0.4, -0.2) is 187 Å². The predicted molar refractivity (Wildman–Crippen MR) is 533 cm³/mol. The number of benzene rings is 11. The van der Waals surface area contributed by atoms with E-state index in [1.54, 1.807) is 77.3 Å². The maximum atomic E-state index is 14.4. The van der Waals surface area contributed by atoms with Crippen LogP contribution < -0.4 is 34.6 Å². The Balaban J connectivity index is 0.000000209. The number of phenolic OH excluding ortho intramolecular Hbond substituents is 1. The molecule has 6 aliphatic rings. The lowest BCUT2D eigenvalue weighted by Crippen LogP contribution is -2.65. The van der Waals surface area contributed by atoms with Crippen molar-refractivity contribution in [1.29, 1.82) is 0 Å². The largest absolute Gasteiger partial charge is 0.508 e. The lowest BCUT2D eigenvalue weighted by atomic mass is 9.78. The summed E-state index contributed by atoms with van der Waals surface area (Å²) in [5, 5.41) is 81.7. The standard InChI is InChI=1S/C56H66FNO6S.C55H52F3N3O16S/c1-9-48-36(5)35(4)38(7)56(62-48)64-52-37(6)39(8)55(63-49(52)10-2)61-46-23-17-20-42(30-46)43-26-29-47(50(31-43)60-32-40-18-13-11-14-19-40)51-53(54(59)58(51)45-21-15-12-16-22-45)65-33-34(3)41-24-27-44(57)28-25-41;56-31-20-17-28(18-21-31)40(64)27-78-50-43(61(51(50)69)32-10-2-1-3-11-32)34-22-19-30(24-39(34)63)29-9-8-12-33(23-29)73-52-46(67)44(65)48(41(25-62)74-52)76-53-47(68)45(66)49(77-55(71)60-38-16-7-5-14-36(38)58)42(75-53)26-72-54(70)59-37-15-6-4-13-35(37)57/h11-31,34-39,48-49,51-53,55-56H,9-10,32-33H2,1-8H3;1-24,40-50,52-53,62-68H,25-27H2,(H,59,70)(H,60,71)/t34-,35-,36-,37+,38+,39+,48+,49+,51+,52?,53+,55+,56-;40-,41?,42?,43+,44+,45+,46?,47?,48+,49+,50+,52+,53-/m00/s1. The van der Waals surface area contributed by atoms with E-state index >= 15 is 0 Å². The number of aromatic hydroxyl groups is 1. The van der Waals surface area contributed by atoms with Crippen LogP contribution in [0.2, 0.25) is 0 Å². The van der Waals surface area contributed by atoms with Crippen LogP contribution in [0.3, 0.4) is 0 Å². The van der Waals surface area contributed by atoms with Crippen molar-refractivity contribution >= 4 is 70.3 Å². The lowest BCUT2D eigenvalue weighted by Gasteiger charge is -2.49. The maximum Gasteiger partial charge on any atom is 0.412 e. The van der Waals surface area contributed by atoms with Gasteiger partial charge in [0.1, 0.15) is 113 Å². The summed E-state index contributed by atoms with van der Waals surface area (Å²) in [7, 11) is 0. The van der Waals surface area contributed by atoms with Gasteiger partial charge in [0.25, 0.3) is 0 Å². The summed E-state index contributed by atoms with van der Waals surface area (Å²) < 4.78 is 124. The molecule has 0 bridgehead atoms. The molecule has 4 amide bonds. The van der Waals surface area contributed by atoms with Crippen molar-refractivity contribution in [1.82, 2.24) is 0 Å².